The largest absolute Gasteiger partial charge is 0.479 e. The number of rotatable bonds is 11. The number of carboxylic acid groups (broad SMARTS) is 1. The lowest BCUT2D eigenvalue weighted by Crippen LogP contribution is -2.62. The van der Waals surface area contributed by atoms with Gasteiger partial charge in [-0.05, 0) is 16.7 Å². The highest BCUT2D eigenvalue weighted by Gasteiger charge is 2.51. The number of hydrogen-bond acceptors (Lipinski definition) is 6. The van der Waals surface area contributed by atoms with E-state index < -0.39 is 36.7 Å². The summed E-state index contributed by atoms with van der Waals surface area (Å²) >= 11 is 0. The van der Waals surface area contributed by atoms with Crippen molar-refractivity contribution in [3.05, 3.63) is 108 Å². The zero-order valence-corrected chi connectivity index (χ0v) is 19.6. The Hall–Kier alpha value is -3.07. The van der Waals surface area contributed by atoms with Crippen LogP contribution in [-0.2, 0) is 48.3 Å². The van der Waals surface area contributed by atoms with E-state index in [1.54, 1.807) is 0 Å². The molecule has 1 N–H and O–H groups in total. The Kier molecular flexibility index (Phi) is 9.00. The smallest absolute Gasteiger partial charge is 0.335 e. The van der Waals surface area contributed by atoms with Crippen molar-refractivity contribution in [1.82, 2.24) is 0 Å². The molecule has 0 aromatic heterocycles. The van der Waals surface area contributed by atoms with Gasteiger partial charge in [-0.2, -0.15) is 0 Å². The molecule has 1 saturated heterocycles. The third-order valence-corrected chi connectivity index (χ3v) is 5.83. The van der Waals surface area contributed by atoms with Gasteiger partial charge in [0.1, 0.15) is 18.3 Å². The zero-order valence-electron chi connectivity index (χ0n) is 19.6. The van der Waals surface area contributed by atoms with Crippen molar-refractivity contribution >= 4 is 5.97 Å². The molecule has 1 heterocycles. The summed E-state index contributed by atoms with van der Waals surface area (Å²) in [6.07, 6.45) is -4.65. The Morgan fingerprint density at radius 3 is 1.49 bits per heavy atom. The van der Waals surface area contributed by atoms with Crippen LogP contribution in [0.4, 0.5) is 0 Å². The van der Waals surface area contributed by atoms with Gasteiger partial charge in [0.25, 0.3) is 0 Å². The van der Waals surface area contributed by atoms with Gasteiger partial charge in [-0.1, -0.05) is 91.0 Å². The van der Waals surface area contributed by atoms with E-state index in [1.807, 2.05) is 91.0 Å². The Morgan fingerprint density at radius 1 is 0.686 bits per heavy atom. The Bertz CT molecular complexity index is 1030. The van der Waals surface area contributed by atoms with E-state index in [1.165, 1.54) is 7.11 Å². The van der Waals surface area contributed by atoms with Crippen LogP contribution in [0.25, 0.3) is 0 Å². The highest BCUT2D eigenvalue weighted by atomic mass is 16.7. The molecule has 7 heteroatoms. The van der Waals surface area contributed by atoms with Gasteiger partial charge in [-0.3, -0.25) is 0 Å². The van der Waals surface area contributed by atoms with Crippen LogP contribution in [0.3, 0.4) is 0 Å². The molecule has 4 rings (SSSR count). The summed E-state index contributed by atoms with van der Waals surface area (Å²) in [6.45, 7) is 0.737. The van der Waals surface area contributed by atoms with Crippen LogP contribution < -0.4 is 0 Å². The van der Waals surface area contributed by atoms with Crippen LogP contribution >= 0.6 is 0 Å². The Morgan fingerprint density at radius 2 is 1.09 bits per heavy atom. The molecule has 1 aliphatic heterocycles. The van der Waals surface area contributed by atoms with Crippen molar-refractivity contribution in [2.75, 3.05) is 7.11 Å². The predicted octanol–water partition coefficient (Wildman–Crippen LogP) is 4.20. The van der Waals surface area contributed by atoms with Gasteiger partial charge in [0, 0.05) is 7.11 Å². The van der Waals surface area contributed by atoms with Crippen LogP contribution in [0, 0.1) is 0 Å². The lowest BCUT2D eigenvalue weighted by atomic mass is 9.97. The van der Waals surface area contributed by atoms with Gasteiger partial charge in [-0.25, -0.2) is 4.79 Å². The molecule has 0 spiro atoms. The Balaban J connectivity index is 1.60. The first kappa shape index (κ1) is 25.0. The predicted molar refractivity (Wildman–Crippen MR) is 128 cm³/mol. The van der Waals surface area contributed by atoms with Crippen molar-refractivity contribution in [2.45, 2.75) is 50.5 Å². The third-order valence-electron chi connectivity index (χ3n) is 5.83. The van der Waals surface area contributed by atoms with Crippen LogP contribution in [0.1, 0.15) is 16.7 Å². The van der Waals surface area contributed by atoms with Crippen molar-refractivity contribution in [3.63, 3.8) is 0 Å². The van der Waals surface area contributed by atoms with E-state index >= 15 is 0 Å². The number of carboxylic acids is 1. The molecule has 0 bridgehead atoms. The molecule has 3 aromatic carbocycles. The fourth-order valence-corrected chi connectivity index (χ4v) is 4.05. The van der Waals surface area contributed by atoms with Crippen molar-refractivity contribution < 1.29 is 33.6 Å². The average molecular weight is 479 g/mol. The zero-order chi connectivity index (χ0) is 24.5. The molecule has 35 heavy (non-hydrogen) atoms. The number of ether oxygens (including phenoxy) is 5. The molecule has 0 saturated carbocycles. The summed E-state index contributed by atoms with van der Waals surface area (Å²) in [4.78, 5) is 12.2. The fourth-order valence-electron chi connectivity index (χ4n) is 4.05. The van der Waals surface area contributed by atoms with E-state index in [2.05, 4.69) is 0 Å². The molecular weight excluding hydrogens is 448 g/mol. The molecule has 1 aliphatic rings. The number of methoxy groups -OCH3 is 1. The molecule has 7 nitrogen and oxygen atoms in total. The molecule has 0 radical (unpaired) electrons. The van der Waals surface area contributed by atoms with Crippen molar-refractivity contribution in [3.8, 4) is 0 Å². The summed E-state index contributed by atoms with van der Waals surface area (Å²) < 4.78 is 30.0. The highest BCUT2D eigenvalue weighted by Crippen LogP contribution is 2.31. The number of benzene rings is 3. The summed E-state index contributed by atoms with van der Waals surface area (Å²) in [5.74, 6) is -1.15. The minimum absolute atomic E-state index is 0.201. The summed E-state index contributed by atoms with van der Waals surface area (Å²) in [5.41, 5.74) is 2.82. The topological polar surface area (TPSA) is 83.5 Å². The quantitative estimate of drug-likeness (QED) is 0.442. The van der Waals surface area contributed by atoms with E-state index in [9.17, 15) is 9.90 Å². The highest BCUT2D eigenvalue weighted by molar-refractivity contribution is 5.73. The average Bonchev–Trinajstić information content (AvgIpc) is 2.91. The second-order valence-corrected chi connectivity index (χ2v) is 8.28. The van der Waals surface area contributed by atoms with Crippen molar-refractivity contribution in [1.29, 1.82) is 0 Å². The van der Waals surface area contributed by atoms with E-state index in [4.69, 9.17) is 23.7 Å². The van der Waals surface area contributed by atoms with Crippen molar-refractivity contribution in [2.24, 2.45) is 0 Å². The molecule has 1 fully saturated rings. The lowest BCUT2D eigenvalue weighted by molar-refractivity contribution is -0.314. The molecule has 0 amide bonds. The van der Waals surface area contributed by atoms with Gasteiger partial charge in [-0.15, -0.1) is 0 Å². The van der Waals surface area contributed by atoms with Crippen LogP contribution in [-0.4, -0.2) is 48.9 Å². The second kappa shape index (κ2) is 12.6. The number of hydrogen-bond donors (Lipinski definition) is 1. The molecule has 184 valence electrons. The third kappa shape index (κ3) is 6.75. The maximum atomic E-state index is 12.2. The number of carbonyl (C=O) groups is 1. The maximum Gasteiger partial charge on any atom is 0.335 e. The second-order valence-electron chi connectivity index (χ2n) is 8.28. The summed E-state index contributed by atoms with van der Waals surface area (Å²) in [5, 5.41) is 9.96. The van der Waals surface area contributed by atoms with Crippen LogP contribution in [0.15, 0.2) is 91.0 Å². The maximum absolute atomic E-state index is 12.2. The molecule has 5 atom stereocenters. The summed E-state index contributed by atoms with van der Waals surface area (Å²) in [7, 11) is 1.46. The standard InChI is InChI=1S/C28H30O7/c1-31-28-26(34-19-22-15-9-4-10-16-22)24(33-18-21-13-7-3-8-14-21)23(25(35-28)27(29)30)32-17-20-11-5-2-6-12-20/h2-16,23-26,28H,17-19H2,1H3,(H,29,30)/t23-,24?,25-,26+,28-/m0/s1. The van der Waals surface area contributed by atoms with E-state index in [0.29, 0.717) is 0 Å². The molecule has 0 aliphatic carbocycles. The molecule has 3 aromatic rings. The Labute approximate surface area is 205 Å². The first-order chi connectivity index (χ1) is 17.2. The first-order valence-corrected chi connectivity index (χ1v) is 11.5. The SMILES string of the molecule is CO[C@H]1O[C@H](C(=O)O)[C@@H](OCc2ccccc2)C(OCc2ccccc2)[C@H]1OCc1ccccc1. The summed E-state index contributed by atoms with van der Waals surface area (Å²) in [6, 6.07) is 28.9. The minimum atomic E-state index is -1.29. The van der Waals surface area contributed by atoms with Gasteiger partial charge >= 0.3 is 5.97 Å². The lowest BCUT2D eigenvalue weighted by Gasteiger charge is -2.44. The molecular formula is C28H30O7. The van der Waals surface area contributed by atoms with Gasteiger partial charge in [0.05, 0.1) is 19.8 Å². The van der Waals surface area contributed by atoms with Gasteiger partial charge in [0.2, 0.25) is 0 Å². The van der Waals surface area contributed by atoms with Gasteiger partial charge in [0.15, 0.2) is 12.4 Å². The number of aliphatic carboxylic acids is 1. The van der Waals surface area contributed by atoms with E-state index in [0.717, 1.165) is 16.7 Å². The monoisotopic (exact) mass is 478 g/mol. The normalized spacial score (nSPS) is 24.2. The fraction of sp³-hybridized carbons (Fsp3) is 0.321. The minimum Gasteiger partial charge on any atom is -0.479 e. The van der Waals surface area contributed by atoms with E-state index in [-0.39, 0.29) is 19.8 Å². The van der Waals surface area contributed by atoms with Gasteiger partial charge < -0.3 is 28.8 Å². The van der Waals surface area contributed by atoms with Crippen LogP contribution in [0.2, 0.25) is 0 Å². The molecule has 1 unspecified atom stereocenters. The first-order valence-electron chi connectivity index (χ1n) is 11.5. The van der Waals surface area contributed by atoms with Crippen LogP contribution in [0.5, 0.6) is 0 Å².